The highest BCUT2D eigenvalue weighted by molar-refractivity contribution is 5.93. The number of anilines is 1. The Hall–Kier alpha value is -2.38. The van der Waals surface area contributed by atoms with Crippen molar-refractivity contribution in [1.29, 1.82) is 0 Å². The van der Waals surface area contributed by atoms with Crippen molar-refractivity contribution < 1.29 is 4.79 Å². The van der Waals surface area contributed by atoms with Crippen molar-refractivity contribution in [2.45, 2.75) is 6.54 Å². The molecule has 128 valence electrons. The van der Waals surface area contributed by atoms with E-state index in [1.54, 1.807) is 10.9 Å². The Labute approximate surface area is 142 Å². The van der Waals surface area contributed by atoms with Crippen molar-refractivity contribution in [2.75, 3.05) is 38.5 Å². The summed E-state index contributed by atoms with van der Waals surface area (Å²) in [6, 6.07) is 5.51. The summed E-state index contributed by atoms with van der Waals surface area (Å²) in [6.07, 6.45) is 3.72. The second kappa shape index (κ2) is 7.02. The van der Waals surface area contributed by atoms with Crippen molar-refractivity contribution in [3.05, 3.63) is 36.2 Å². The maximum atomic E-state index is 11.3. The zero-order valence-electron chi connectivity index (χ0n) is 14.2. The molecule has 0 atom stereocenters. The van der Waals surface area contributed by atoms with Crippen molar-refractivity contribution in [3.63, 3.8) is 0 Å². The molecular weight excluding hydrogens is 304 g/mol. The van der Waals surface area contributed by atoms with Crippen molar-refractivity contribution in [2.24, 2.45) is 12.8 Å². The number of primary amides is 1. The fourth-order valence-electron chi connectivity index (χ4n) is 2.99. The van der Waals surface area contributed by atoms with Crippen LogP contribution in [0.15, 0.2) is 30.6 Å². The van der Waals surface area contributed by atoms with Gasteiger partial charge in [0.25, 0.3) is 0 Å². The number of urea groups is 1. The summed E-state index contributed by atoms with van der Waals surface area (Å²) in [5.74, 6) is 0. The Bertz CT molecular complexity index is 718. The van der Waals surface area contributed by atoms with Gasteiger partial charge in [0.05, 0.1) is 11.9 Å². The minimum atomic E-state index is -0.563. The quantitative estimate of drug-likeness (QED) is 0.887. The van der Waals surface area contributed by atoms with Gasteiger partial charge in [-0.05, 0) is 24.7 Å². The Kier molecular flexibility index (Phi) is 4.82. The van der Waals surface area contributed by atoms with E-state index >= 15 is 0 Å². The molecule has 0 unspecified atom stereocenters. The number of carbonyl (C=O) groups is 1. The predicted molar refractivity (Wildman–Crippen MR) is 94.6 cm³/mol. The first kappa shape index (κ1) is 16.5. The van der Waals surface area contributed by atoms with Crippen LogP contribution in [0.4, 0.5) is 10.5 Å². The number of hydrogen-bond donors (Lipinski definition) is 2. The first-order valence-corrected chi connectivity index (χ1v) is 8.10. The molecule has 1 aromatic carbocycles. The molecule has 0 spiro atoms. The molecule has 1 fully saturated rings. The lowest BCUT2D eigenvalue weighted by molar-refractivity contribution is 0.148. The molecule has 0 aliphatic carbocycles. The van der Waals surface area contributed by atoms with E-state index in [1.165, 1.54) is 5.56 Å². The van der Waals surface area contributed by atoms with E-state index in [4.69, 9.17) is 5.73 Å². The van der Waals surface area contributed by atoms with Gasteiger partial charge in [0.15, 0.2) is 0 Å². The molecule has 7 heteroatoms. The monoisotopic (exact) mass is 328 g/mol. The molecule has 0 bridgehead atoms. The molecule has 1 aromatic heterocycles. The number of carbonyl (C=O) groups excluding carboxylic acids is 1. The van der Waals surface area contributed by atoms with Crippen LogP contribution in [0.5, 0.6) is 0 Å². The second-order valence-corrected chi connectivity index (χ2v) is 6.35. The van der Waals surface area contributed by atoms with E-state index in [-0.39, 0.29) is 0 Å². The van der Waals surface area contributed by atoms with Crippen LogP contribution in [-0.4, -0.2) is 58.8 Å². The number of amides is 2. The van der Waals surface area contributed by atoms with Gasteiger partial charge in [-0.2, -0.15) is 5.10 Å². The third-order valence-corrected chi connectivity index (χ3v) is 4.36. The summed E-state index contributed by atoms with van der Waals surface area (Å²) in [4.78, 5) is 16.1. The molecule has 2 heterocycles. The molecule has 24 heavy (non-hydrogen) atoms. The number of nitrogens with zero attached hydrogens (tertiary/aromatic N) is 4. The lowest BCUT2D eigenvalue weighted by atomic mass is 10.0. The zero-order valence-corrected chi connectivity index (χ0v) is 14.2. The molecule has 1 aliphatic rings. The lowest BCUT2D eigenvalue weighted by Gasteiger charge is -2.32. The van der Waals surface area contributed by atoms with E-state index in [0.29, 0.717) is 5.69 Å². The number of aryl methyl sites for hydroxylation is 1. The Morgan fingerprint density at radius 3 is 2.62 bits per heavy atom. The van der Waals surface area contributed by atoms with Gasteiger partial charge in [0.2, 0.25) is 0 Å². The van der Waals surface area contributed by atoms with Gasteiger partial charge in [0.1, 0.15) is 0 Å². The van der Waals surface area contributed by atoms with Crippen LogP contribution < -0.4 is 11.1 Å². The standard InChI is InChI=1S/C17H24N6O/c1-21-5-7-23(8-6-21)11-13-3-4-16(20-17(18)24)15(9-13)14-10-19-22(2)12-14/h3-4,9-10,12H,5-8,11H2,1-2H3,(H3,18,20,24). The highest BCUT2D eigenvalue weighted by Gasteiger charge is 2.15. The molecule has 7 nitrogen and oxygen atoms in total. The summed E-state index contributed by atoms with van der Waals surface area (Å²) in [5.41, 5.74) is 9.11. The maximum absolute atomic E-state index is 11.3. The van der Waals surface area contributed by atoms with Crippen LogP contribution in [0.25, 0.3) is 11.1 Å². The minimum Gasteiger partial charge on any atom is -0.351 e. The fraction of sp³-hybridized carbons (Fsp3) is 0.412. The molecule has 3 rings (SSSR count). The molecule has 0 radical (unpaired) electrons. The summed E-state index contributed by atoms with van der Waals surface area (Å²) < 4.78 is 1.75. The van der Waals surface area contributed by atoms with Gasteiger partial charge in [-0.1, -0.05) is 6.07 Å². The lowest BCUT2D eigenvalue weighted by Crippen LogP contribution is -2.43. The number of rotatable bonds is 4. The minimum absolute atomic E-state index is 0.563. The van der Waals surface area contributed by atoms with E-state index in [9.17, 15) is 4.79 Å². The van der Waals surface area contributed by atoms with Gasteiger partial charge in [0, 0.05) is 57.1 Å². The van der Waals surface area contributed by atoms with Crippen LogP contribution in [0.1, 0.15) is 5.56 Å². The number of aromatic nitrogens is 2. The molecule has 2 aromatic rings. The fourth-order valence-corrected chi connectivity index (χ4v) is 2.99. The molecule has 0 saturated carbocycles. The van der Waals surface area contributed by atoms with Crippen LogP contribution in [0, 0.1) is 0 Å². The average molecular weight is 328 g/mol. The largest absolute Gasteiger partial charge is 0.351 e. The van der Waals surface area contributed by atoms with Crippen LogP contribution in [-0.2, 0) is 13.6 Å². The Balaban J connectivity index is 1.85. The Morgan fingerprint density at radius 1 is 1.25 bits per heavy atom. The Morgan fingerprint density at radius 2 is 2.00 bits per heavy atom. The van der Waals surface area contributed by atoms with Gasteiger partial charge in [-0.25, -0.2) is 4.79 Å². The third kappa shape index (κ3) is 3.93. The van der Waals surface area contributed by atoms with Crippen molar-refractivity contribution >= 4 is 11.7 Å². The van der Waals surface area contributed by atoms with E-state index < -0.39 is 6.03 Å². The van der Waals surface area contributed by atoms with Gasteiger partial charge >= 0.3 is 6.03 Å². The number of benzene rings is 1. The molecule has 3 N–H and O–H groups in total. The number of nitrogens with two attached hydrogens (primary N) is 1. The highest BCUT2D eigenvalue weighted by Crippen LogP contribution is 2.29. The van der Waals surface area contributed by atoms with Crippen LogP contribution in [0.2, 0.25) is 0 Å². The SMILES string of the molecule is CN1CCN(Cc2ccc(NC(N)=O)c(-c3cnn(C)c3)c2)CC1. The first-order chi connectivity index (χ1) is 11.5. The number of likely N-dealkylation sites (N-methyl/N-ethyl adjacent to an activating group) is 1. The summed E-state index contributed by atoms with van der Waals surface area (Å²) in [7, 11) is 4.03. The molecule has 2 amide bonds. The average Bonchev–Trinajstić information content (AvgIpc) is 2.97. The maximum Gasteiger partial charge on any atom is 0.316 e. The third-order valence-electron chi connectivity index (χ3n) is 4.36. The first-order valence-electron chi connectivity index (χ1n) is 8.10. The van der Waals surface area contributed by atoms with Crippen LogP contribution >= 0.6 is 0 Å². The predicted octanol–water partition coefficient (Wildman–Crippen LogP) is 1.33. The summed E-state index contributed by atoms with van der Waals surface area (Å²) >= 11 is 0. The van der Waals surface area contributed by atoms with Crippen LogP contribution in [0.3, 0.4) is 0 Å². The molecule has 1 aliphatic heterocycles. The van der Waals surface area contributed by atoms with E-state index in [1.807, 2.05) is 25.4 Å². The summed E-state index contributed by atoms with van der Waals surface area (Å²) in [6.45, 7) is 5.23. The van der Waals surface area contributed by atoms with Gasteiger partial charge < -0.3 is 16.0 Å². The van der Waals surface area contributed by atoms with E-state index in [2.05, 4.69) is 33.3 Å². The smallest absolute Gasteiger partial charge is 0.316 e. The van der Waals surface area contributed by atoms with E-state index in [0.717, 1.165) is 43.9 Å². The number of piperazine rings is 1. The topological polar surface area (TPSA) is 79.4 Å². The number of hydrogen-bond acceptors (Lipinski definition) is 4. The summed E-state index contributed by atoms with van der Waals surface area (Å²) in [5, 5.41) is 6.92. The van der Waals surface area contributed by atoms with Gasteiger partial charge in [-0.3, -0.25) is 9.58 Å². The molecule has 1 saturated heterocycles. The zero-order chi connectivity index (χ0) is 17.1. The highest BCUT2D eigenvalue weighted by atomic mass is 16.2. The van der Waals surface area contributed by atoms with Crippen molar-refractivity contribution in [3.8, 4) is 11.1 Å². The van der Waals surface area contributed by atoms with Gasteiger partial charge in [-0.15, -0.1) is 0 Å². The molecular formula is C17H24N6O. The second-order valence-electron chi connectivity index (χ2n) is 6.35. The van der Waals surface area contributed by atoms with Crippen molar-refractivity contribution in [1.82, 2.24) is 19.6 Å². The normalized spacial score (nSPS) is 16.2. The number of nitrogens with one attached hydrogen (secondary N) is 1.